The first kappa shape index (κ1) is 12.6. The molecule has 1 aromatic carbocycles. The third-order valence-electron chi connectivity index (χ3n) is 1.73. The Hall–Kier alpha value is -1.47. The Labute approximate surface area is 84.7 Å². The average Bonchev–Trinajstić information content (AvgIpc) is 2.05. The fraction of sp³-hybridized carbons (Fsp3) is 0.250. The molecule has 0 fully saturated rings. The van der Waals surface area contributed by atoms with Gasteiger partial charge in [0.05, 0.1) is 16.8 Å². The van der Waals surface area contributed by atoms with E-state index in [9.17, 15) is 30.7 Å². The van der Waals surface area contributed by atoms with Gasteiger partial charge in [0.2, 0.25) is 0 Å². The quantitative estimate of drug-likeness (QED) is 0.551. The van der Waals surface area contributed by atoms with Gasteiger partial charge in [-0.2, -0.15) is 26.3 Å². The Morgan fingerprint density at radius 1 is 0.875 bits per heavy atom. The third kappa shape index (κ3) is 2.37. The molecule has 0 unspecified atom stereocenters. The predicted molar refractivity (Wildman–Crippen MR) is 40.8 cm³/mol. The fourth-order valence-corrected chi connectivity index (χ4v) is 1.02. The molecule has 0 saturated carbocycles. The van der Waals surface area contributed by atoms with Crippen LogP contribution in [-0.4, -0.2) is 0 Å². The van der Waals surface area contributed by atoms with E-state index >= 15 is 0 Å². The van der Waals surface area contributed by atoms with Gasteiger partial charge in [0.25, 0.3) is 0 Å². The van der Waals surface area contributed by atoms with Crippen molar-refractivity contribution in [1.29, 1.82) is 0 Å². The molecule has 0 spiro atoms. The van der Waals surface area contributed by atoms with Crippen molar-refractivity contribution < 1.29 is 30.7 Å². The van der Waals surface area contributed by atoms with Crippen LogP contribution in [0.1, 0.15) is 11.1 Å². The van der Waals surface area contributed by atoms with Crippen molar-refractivity contribution in [1.82, 2.24) is 0 Å². The molecule has 1 aromatic rings. The van der Waals surface area contributed by atoms with E-state index < -0.39 is 35.0 Å². The number of nitrogens with two attached hydrogens (primary N) is 1. The lowest BCUT2D eigenvalue weighted by atomic mass is 10.1. The smallest absolute Gasteiger partial charge is 0.396 e. The van der Waals surface area contributed by atoms with Crippen molar-refractivity contribution in [2.45, 2.75) is 12.4 Å². The summed E-state index contributed by atoms with van der Waals surface area (Å²) in [6.45, 7) is 0. The molecule has 0 saturated heterocycles. The number of nitrogen functional groups attached to an aromatic ring is 1. The SMILES string of the molecule is Nc1cc(C(F)(F)F)cc(C(F)(F)F)c1F. The molecule has 0 bridgehead atoms. The first-order chi connectivity index (χ1) is 7.03. The third-order valence-corrected chi connectivity index (χ3v) is 1.73. The molecule has 0 aliphatic heterocycles. The van der Waals surface area contributed by atoms with Crippen molar-refractivity contribution in [2.24, 2.45) is 0 Å². The van der Waals surface area contributed by atoms with E-state index in [0.29, 0.717) is 0 Å². The molecule has 16 heavy (non-hydrogen) atoms. The topological polar surface area (TPSA) is 26.0 Å². The summed E-state index contributed by atoms with van der Waals surface area (Å²) in [6.07, 6.45) is -10.2. The van der Waals surface area contributed by atoms with Crippen LogP contribution in [0.3, 0.4) is 0 Å². The predicted octanol–water partition coefficient (Wildman–Crippen LogP) is 3.45. The molecule has 0 amide bonds. The number of rotatable bonds is 0. The highest BCUT2D eigenvalue weighted by Crippen LogP contribution is 2.38. The Balaban J connectivity index is 3.46. The lowest BCUT2D eigenvalue weighted by Gasteiger charge is -2.13. The van der Waals surface area contributed by atoms with E-state index in [4.69, 9.17) is 5.73 Å². The Kier molecular flexibility index (Phi) is 2.78. The van der Waals surface area contributed by atoms with E-state index in [2.05, 4.69) is 0 Å². The Bertz CT molecular complexity index is 404. The van der Waals surface area contributed by atoms with Crippen LogP contribution in [0.5, 0.6) is 0 Å². The Morgan fingerprint density at radius 2 is 1.38 bits per heavy atom. The number of anilines is 1. The molecule has 90 valence electrons. The molecule has 1 nitrogen and oxygen atoms in total. The molecule has 0 aliphatic rings. The molecular formula is C8H4F7N. The molecule has 0 atom stereocenters. The van der Waals surface area contributed by atoms with Crippen LogP contribution in [-0.2, 0) is 12.4 Å². The molecule has 0 radical (unpaired) electrons. The normalized spacial score (nSPS) is 12.9. The molecular weight excluding hydrogens is 243 g/mol. The van der Waals surface area contributed by atoms with E-state index in [1.807, 2.05) is 0 Å². The lowest BCUT2D eigenvalue weighted by Crippen LogP contribution is -2.14. The maximum atomic E-state index is 12.9. The number of halogens is 7. The highest BCUT2D eigenvalue weighted by molar-refractivity contribution is 5.48. The van der Waals surface area contributed by atoms with Crippen LogP contribution in [0.2, 0.25) is 0 Å². The number of benzene rings is 1. The first-order valence-corrected chi connectivity index (χ1v) is 3.77. The van der Waals surface area contributed by atoms with Gasteiger partial charge >= 0.3 is 12.4 Å². The zero-order valence-electron chi connectivity index (χ0n) is 7.38. The van der Waals surface area contributed by atoms with Gasteiger partial charge in [0.15, 0.2) is 5.82 Å². The van der Waals surface area contributed by atoms with Gasteiger partial charge in [0, 0.05) is 0 Å². The summed E-state index contributed by atoms with van der Waals surface area (Å²) in [7, 11) is 0. The van der Waals surface area contributed by atoms with Crippen LogP contribution >= 0.6 is 0 Å². The molecule has 0 heterocycles. The monoisotopic (exact) mass is 247 g/mol. The van der Waals surface area contributed by atoms with E-state index in [1.54, 1.807) is 0 Å². The van der Waals surface area contributed by atoms with Gasteiger partial charge in [-0.3, -0.25) is 0 Å². The van der Waals surface area contributed by atoms with Crippen LogP contribution in [0.25, 0.3) is 0 Å². The van der Waals surface area contributed by atoms with Gasteiger partial charge in [-0.15, -0.1) is 0 Å². The van der Waals surface area contributed by atoms with E-state index in [0.717, 1.165) is 0 Å². The maximum absolute atomic E-state index is 12.9. The van der Waals surface area contributed by atoms with Crippen molar-refractivity contribution in [3.05, 3.63) is 29.1 Å². The second-order valence-corrected chi connectivity index (χ2v) is 2.92. The van der Waals surface area contributed by atoms with Gasteiger partial charge < -0.3 is 5.73 Å². The fourth-order valence-electron chi connectivity index (χ4n) is 1.02. The van der Waals surface area contributed by atoms with Crippen molar-refractivity contribution in [2.75, 3.05) is 5.73 Å². The average molecular weight is 247 g/mol. The zero-order valence-corrected chi connectivity index (χ0v) is 7.38. The first-order valence-electron chi connectivity index (χ1n) is 3.77. The van der Waals surface area contributed by atoms with E-state index in [-0.39, 0.29) is 12.1 Å². The summed E-state index contributed by atoms with van der Waals surface area (Å²) in [5.41, 5.74) is -0.121. The van der Waals surface area contributed by atoms with E-state index in [1.165, 1.54) is 0 Å². The zero-order chi connectivity index (χ0) is 12.7. The highest BCUT2D eigenvalue weighted by Gasteiger charge is 2.39. The second-order valence-electron chi connectivity index (χ2n) is 2.92. The standard InChI is InChI=1S/C8H4F7N/c9-6-4(8(13,14)15)1-3(2-5(6)16)7(10,11)12/h1-2H,16H2. The molecule has 0 aromatic heterocycles. The van der Waals surface area contributed by atoms with Gasteiger partial charge in [-0.1, -0.05) is 0 Å². The van der Waals surface area contributed by atoms with Crippen molar-refractivity contribution >= 4 is 5.69 Å². The molecule has 0 aliphatic carbocycles. The molecule has 2 N–H and O–H groups in total. The van der Waals surface area contributed by atoms with Crippen LogP contribution < -0.4 is 5.73 Å². The largest absolute Gasteiger partial charge is 0.419 e. The summed E-state index contributed by atoms with van der Waals surface area (Å²) in [5.74, 6) is -1.90. The van der Waals surface area contributed by atoms with Gasteiger partial charge in [-0.25, -0.2) is 4.39 Å². The number of hydrogen-bond donors (Lipinski definition) is 1. The van der Waals surface area contributed by atoms with Gasteiger partial charge in [0.1, 0.15) is 0 Å². The Morgan fingerprint density at radius 3 is 1.75 bits per heavy atom. The highest BCUT2D eigenvalue weighted by atomic mass is 19.4. The summed E-state index contributed by atoms with van der Waals surface area (Å²) < 4.78 is 85.6. The van der Waals surface area contributed by atoms with Gasteiger partial charge in [-0.05, 0) is 12.1 Å². The molecule has 1 rings (SSSR count). The van der Waals surface area contributed by atoms with Crippen molar-refractivity contribution in [3.8, 4) is 0 Å². The molecule has 8 heteroatoms. The van der Waals surface area contributed by atoms with Crippen LogP contribution in [0, 0.1) is 5.82 Å². The second kappa shape index (κ2) is 3.53. The maximum Gasteiger partial charge on any atom is 0.419 e. The number of alkyl halides is 6. The van der Waals surface area contributed by atoms with Crippen LogP contribution in [0.15, 0.2) is 12.1 Å². The summed E-state index contributed by atoms with van der Waals surface area (Å²) in [6, 6.07) is -0.198. The summed E-state index contributed by atoms with van der Waals surface area (Å²) in [5, 5.41) is 0. The lowest BCUT2D eigenvalue weighted by molar-refractivity contribution is -0.144. The summed E-state index contributed by atoms with van der Waals surface area (Å²) >= 11 is 0. The number of hydrogen-bond acceptors (Lipinski definition) is 1. The summed E-state index contributed by atoms with van der Waals surface area (Å²) in [4.78, 5) is 0. The van der Waals surface area contributed by atoms with Crippen molar-refractivity contribution in [3.63, 3.8) is 0 Å². The van der Waals surface area contributed by atoms with Crippen LogP contribution in [0.4, 0.5) is 36.4 Å². The minimum absolute atomic E-state index is 0.116. The minimum Gasteiger partial charge on any atom is -0.396 e. The minimum atomic E-state index is -5.22.